The van der Waals surface area contributed by atoms with Crippen molar-refractivity contribution < 1.29 is 14.3 Å². The molecule has 1 aliphatic rings. The monoisotopic (exact) mass is 382 g/mol. The highest BCUT2D eigenvalue weighted by Crippen LogP contribution is 2.31. The number of fused-ring (bicyclic) bond motifs is 1. The van der Waals surface area contributed by atoms with Gasteiger partial charge in [0.15, 0.2) is 6.10 Å². The van der Waals surface area contributed by atoms with Crippen molar-refractivity contribution in [3.8, 4) is 17.2 Å². The molecule has 142 valence electrons. The zero-order chi connectivity index (χ0) is 19.5. The molecule has 3 aromatic carbocycles. The molecule has 0 amide bonds. The molecule has 29 heavy (non-hydrogen) atoms. The van der Waals surface area contributed by atoms with Gasteiger partial charge in [-0.3, -0.25) is 4.98 Å². The lowest BCUT2D eigenvalue weighted by Crippen LogP contribution is -2.07. The quantitative estimate of drug-likeness (QED) is 0.442. The second-order valence-electron chi connectivity index (χ2n) is 6.73. The lowest BCUT2D eigenvalue weighted by atomic mass is 10.1. The number of nitrogens with zero attached hydrogens (tertiary/aromatic N) is 2. The van der Waals surface area contributed by atoms with Crippen molar-refractivity contribution in [3.63, 3.8) is 0 Å². The van der Waals surface area contributed by atoms with Gasteiger partial charge in [-0.15, -0.1) is 0 Å². The molecule has 5 nitrogen and oxygen atoms in total. The summed E-state index contributed by atoms with van der Waals surface area (Å²) in [6, 6.07) is 27.4. The van der Waals surface area contributed by atoms with E-state index in [2.05, 4.69) is 10.1 Å². The average molecular weight is 382 g/mol. The number of benzene rings is 3. The summed E-state index contributed by atoms with van der Waals surface area (Å²) in [5.74, 6) is 2.77. The first kappa shape index (κ1) is 17.3. The predicted octanol–water partition coefficient (Wildman–Crippen LogP) is 5.88. The SMILES string of the molecule is c1ccc(Oc2ccc(C3CC(Oc4cnc5ccccc5c4)=NO3)cc2)cc1. The molecule has 4 aromatic rings. The fourth-order valence-corrected chi connectivity index (χ4v) is 3.21. The fourth-order valence-electron chi connectivity index (χ4n) is 3.21. The maximum Gasteiger partial charge on any atom is 0.235 e. The van der Waals surface area contributed by atoms with Crippen LogP contribution in [0.15, 0.2) is 96.3 Å². The average Bonchev–Trinajstić information content (AvgIpc) is 3.23. The van der Waals surface area contributed by atoms with Crippen molar-refractivity contribution in [2.75, 3.05) is 0 Å². The fraction of sp³-hybridized carbons (Fsp3) is 0.0833. The highest BCUT2D eigenvalue weighted by atomic mass is 16.7. The summed E-state index contributed by atoms with van der Waals surface area (Å²) in [4.78, 5) is 9.98. The number of oxime groups is 1. The van der Waals surface area contributed by atoms with Gasteiger partial charge in [-0.25, -0.2) is 0 Å². The highest BCUT2D eigenvalue weighted by molar-refractivity contribution is 5.83. The molecule has 1 aliphatic heterocycles. The molecule has 5 heteroatoms. The summed E-state index contributed by atoms with van der Waals surface area (Å²) in [6.45, 7) is 0. The van der Waals surface area contributed by atoms with E-state index < -0.39 is 0 Å². The Bertz CT molecular complexity index is 1160. The van der Waals surface area contributed by atoms with Crippen LogP contribution in [0.25, 0.3) is 10.9 Å². The number of hydrogen-bond acceptors (Lipinski definition) is 5. The van der Waals surface area contributed by atoms with Gasteiger partial charge in [0.25, 0.3) is 0 Å². The van der Waals surface area contributed by atoms with Crippen molar-refractivity contribution in [2.24, 2.45) is 5.16 Å². The standard InChI is InChI=1S/C24H18N2O3/c1-2-7-19(8-3-1)27-20-12-10-17(11-13-20)23-15-24(26-29-23)28-21-14-18-6-4-5-9-22(18)25-16-21/h1-14,16,23H,15H2. The Labute approximate surface area is 168 Å². The minimum absolute atomic E-state index is 0.177. The predicted molar refractivity (Wildman–Crippen MR) is 111 cm³/mol. The third-order valence-corrected chi connectivity index (χ3v) is 4.67. The third-order valence-electron chi connectivity index (χ3n) is 4.67. The molecule has 0 saturated carbocycles. The lowest BCUT2D eigenvalue weighted by Gasteiger charge is -2.10. The zero-order valence-electron chi connectivity index (χ0n) is 15.6. The first-order chi connectivity index (χ1) is 14.3. The minimum Gasteiger partial charge on any atom is -0.457 e. The largest absolute Gasteiger partial charge is 0.457 e. The Morgan fingerprint density at radius 3 is 2.38 bits per heavy atom. The molecule has 0 radical (unpaired) electrons. The van der Waals surface area contributed by atoms with Crippen LogP contribution >= 0.6 is 0 Å². The first-order valence-corrected chi connectivity index (χ1v) is 9.42. The summed E-state index contributed by atoms with van der Waals surface area (Å²) in [5.41, 5.74) is 1.95. The Balaban J connectivity index is 1.22. The van der Waals surface area contributed by atoms with Crippen molar-refractivity contribution in [3.05, 3.63) is 96.7 Å². The number of aromatic nitrogens is 1. The summed E-state index contributed by atoms with van der Waals surface area (Å²) in [6.07, 6.45) is 2.09. The summed E-state index contributed by atoms with van der Waals surface area (Å²) in [7, 11) is 0. The van der Waals surface area contributed by atoms with E-state index in [0.717, 1.165) is 28.0 Å². The van der Waals surface area contributed by atoms with E-state index in [0.29, 0.717) is 18.1 Å². The van der Waals surface area contributed by atoms with Crippen LogP contribution in [-0.2, 0) is 4.84 Å². The Hall–Kier alpha value is -3.86. The molecular formula is C24H18N2O3. The third kappa shape index (κ3) is 3.89. The minimum atomic E-state index is -0.177. The van der Waals surface area contributed by atoms with Gasteiger partial charge >= 0.3 is 0 Å². The molecule has 2 heterocycles. The van der Waals surface area contributed by atoms with Crippen LogP contribution in [-0.4, -0.2) is 10.9 Å². The van der Waals surface area contributed by atoms with Gasteiger partial charge in [0.1, 0.15) is 17.2 Å². The maximum absolute atomic E-state index is 5.88. The smallest absolute Gasteiger partial charge is 0.235 e. The summed E-state index contributed by atoms with van der Waals surface area (Å²) >= 11 is 0. The Morgan fingerprint density at radius 2 is 1.52 bits per heavy atom. The summed E-state index contributed by atoms with van der Waals surface area (Å²) < 4.78 is 11.7. The van der Waals surface area contributed by atoms with Crippen LogP contribution in [0.1, 0.15) is 18.1 Å². The van der Waals surface area contributed by atoms with E-state index in [-0.39, 0.29) is 6.10 Å². The van der Waals surface area contributed by atoms with Gasteiger partial charge in [-0.1, -0.05) is 53.7 Å². The summed E-state index contributed by atoms with van der Waals surface area (Å²) in [5, 5.41) is 5.12. The van der Waals surface area contributed by atoms with Crippen LogP contribution in [0, 0.1) is 0 Å². The van der Waals surface area contributed by atoms with E-state index in [1.54, 1.807) is 6.20 Å². The van der Waals surface area contributed by atoms with Crippen LogP contribution < -0.4 is 9.47 Å². The van der Waals surface area contributed by atoms with Gasteiger partial charge in [0.2, 0.25) is 5.90 Å². The number of para-hydroxylation sites is 2. The molecular weight excluding hydrogens is 364 g/mol. The van der Waals surface area contributed by atoms with E-state index in [1.165, 1.54) is 0 Å². The van der Waals surface area contributed by atoms with Gasteiger partial charge in [-0.05, 0) is 42.0 Å². The molecule has 1 aromatic heterocycles. The van der Waals surface area contributed by atoms with Crippen molar-refractivity contribution in [1.29, 1.82) is 0 Å². The van der Waals surface area contributed by atoms with Crippen molar-refractivity contribution in [2.45, 2.75) is 12.5 Å². The number of ether oxygens (including phenoxy) is 2. The van der Waals surface area contributed by atoms with E-state index in [1.807, 2.05) is 84.9 Å². The maximum atomic E-state index is 5.88. The van der Waals surface area contributed by atoms with E-state index in [9.17, 15) is 0 Å². The Morgan fingerprint density at radius 1 is 0.759 bits per heavy atom. The molecule has 0 spiro atoms. The molecule has 0 bridgehead atoms. The normalized spacial score (nSPS) is 15.6. The molecule has 1 unspecified atom stereocenters. The molecule has 0 fully saturated rings. The van der Waals surface area contributed by atoms with Crippen molar-refractivity contribution in [1.82, 2.24) is 4.98 Å². The second-order valence-corrected chi connectivity index (χ2v) is 6.73. The zero-order valence-corrected chi connectivity index (χ0v) is 15.6. The molecule has 1 atom stereocenters. The molecule has 0 aliphatic carbocycles. The van der Waals surface area contributed by atoms with E-state index in [4.69, 9.17) is 14.3 Å². The van der Waals surface area contributed by atoms with Crippen LogP contribution in [0.2, 0.25) is 0 Å². The van der Waals surface area contributed by atoms with Gasteiger partial charge < -0.3 is 14.3 Å². The topological polar surface area (TPSA) is 52.9 Å². The first-order valence-electron chi connectivity index (χ1n) is 9.42. The van der Waals surface area contributed by atoms with E-state index >= 15 is 0 Å². The van der Waals surface area contributed by atoms with Crippen LogP contribution in [0.4, 0.5) is 0 Å². The molecule has 0 N–H and O–H groups in total. The second kappa shape index (κ2) is 7.64. The van der Waals surface area contributed by atoms with Gasteiger partial charge in [-0.2, -0.15) is 0 Å². The van der Waals surface area contributed by atoms with Gasteiger partial charge in [0.05, 0.1) is 18.1 Å². The van der Waals surface area contributed by atoms with Crippen molar-refractivity contribution >= 4 is 16.8 Å². The molecule has 5 rings (SSSR count). The van der Waals surface area contributed by atoms with Crippen LogP contribution in [0.5, 0.6) is 17.2 Å². The number of rotatable bonds is 4. The lowest BCUT2D eigenvalue weighted by molar-refractivity contribution is 0.0855. The van der Waals surface area contributed by atoms with Crippen LogP contribution in [0.3, 0.4) is 0 Å². The number of pyridine rings is 1. The van der Waals surface area contributed by atoms with Gasteiger partial charge in [0, 0.05) is 5.39 Å². The highest BCUT2D eigenvalue weighted by Gasteiger charge is 2.24. The molecule has 0 saturated heterocycles. The Kier molecular flexibility index (Phi) is 4.54. The number of hydrogen-bond donors (Lipinski definition) is 0.